The van der Waals surface area contributed by atoms with Gasteiger partial charge in [-0.3, -0.25) is 0 Å². The number of pyridine rings is 1. The van der Waals surface area contributed by atoms with Crippen LogP contribution in [0.4, 0.5) is 10.5 Å². The van der Waals surface area contributed by atoms with Crippen LogP contribution < -0.4 is 4.48 Å². The second kappa shape index (κ2) is 6.82. The summed E-state index contributed by atoms with van der Waals surface area (Å²) in [5, 5.41) is 10.4. The second-order valence-electron chi connectivity index (χ2n) is 7.33. The first kappa shape index (κ1) is 19.4. The third-order valence-corrected chi connectivity index (χ3v) is 6.33. The average Bonchev–Trinajstić information content (AvgIpc) is 3.12. The van der Waals surface area contributed by atoms with Crippen LogP contribution in [-0.4, -0.2) is 53.6 Å². The number of aromatic nitrogens is 1. The molecule has 4 rings (SSSR count). The van der Waals surface area contributed by atoms with Crippen molar-refractivity contribution in [2.75, 3.05) is 19.8 Å². The van der Waals surface area contributed by atoms with Crippen molar-refractivity contribution in [1.29, 1.82) is 0 Å². The molecule has 1 unspecified atom stereocenters. The zero-order valence-corrected chi connectivity index (χ0v) is 17.3. The van der Waals surface area contributed by atoms with E-state index in [1.807, 2.05) is 6.92 Å². The minimum atomic E-state index is -1.22. The monoisotopic (exact) mass is 453 g/mol. The number of carbonyl (C=O) groups excluding carboxylic acids is 1. The van der Waals surface area contributed by atoms with E-state index >= 15 is 0 Å². The Balaban J connectivity index is 1.95. The SMILES string of the molecule is CCOC(=O)[N+]1(c2c(C(=O)O)oc3cnc(Br)cc23)C[C@@]12CCO[C@H](CC)C2. The first-order valence-corrected chi connectivity index (χ1v) is 10.2. The van der Waals surface area contributed by atoms with E-state index in [0.717, 1.165) is 6.42 Å². The van der Waals surface area contributed by atoms with Gasteiger partial charge in [0.1, 0.15) is 4.60 Å². The van der Waals surface area contributed by atoms with Gasteiger partial charge in [-0.25, -0.2) is 9.78 Å². The molecule has 0 aliphatic carbocycles. The van der Waals surface area contributed by atoms with Crippen molar-refractivity contribution >= 4 is 44.6 Å². The number of nitrogens with zero attached hydrogens (tertiary/aromatic N) is 2. The number of carbonyl (C=O) groups is 2. The Morgan fingerprint density at radius 1 is 1.46 bits per heavy atom. The molecule has 8 nitrogen and oxygen atoms in total. The van der Waals surface area contributed by atoms with Gasteiger partial charge in [0.05, 0.1) is 30.9 Å². The van der Waals surface area contributed by atoms with Crippen molar-refractivity contribution in [2.45, 2.75) is 44.8 Å². The topological polar surface area (TPSA) is 98.9 Å². The van der Waals surface area contributed by atoms with Crippen molar-refractivity contribution in [3.05, 3.63) is 22.6 Å². The fourth-order valence-electron chi connectivity index (χ4n) is 4.55. The molecule has 1 spiro atoms. The van der Waals surface area contributed by atoms with Crippen LogP contribution in [0.1, 0.15) is 43.7 Å². The molecule has 0 bridgehead atoms. The van der Waals surface area contributed by atoms with Gasteiger partial charge in [0.25, 0.3) is 5.76 Å². The van der Waals surface area contributed by atoms with Crippen LogP contribution in [-0.2, 0) is 9.47 Å². The predicted molar refractivity (Wildman–Crippen MR) is 104 cm³/mol. The largest absolute Gasteiger partial charge is 0.522 e. The fraction of sp³-hybridized carbons (Fsp3) is 0.526. The number of aromatic carboxylic acids is 1. The summed E-state index contributed by atoms with van der Waals surface area (Å²) >= 11 is 3.33. The summed E-state index contributed by atoms with van der Waals surface area (Å²) in [6, 6.07) is 1.70. The molecule has 1 amide bonds. The number of carboxylic acid groups (broad SMARTS) is 1. The standard InChI is InChI=1S/C19H21BrN2O6/c1-3-11-8-19(5-6-27-11)10-22(19,18(25)26-4-2)15-12-7-14(20)21-9-13(12)28-16(15)17(23)24/h7,9,11H,3-6,8,10H2,1-2H3/p+1/t11-,19+,22?/m1/s1. The molecule has 28 heavy (non-hydrogen) atoms. The predicted octanol–water partition coefficient (Wildman–Crippen LogP) is 4.09. The molecule has 2 aromatic rings. The van der Waals surface area contributed by atoms with Crippen LogP contribution in [0, 0.1) is 0 Å². The number of amides is 1. The number of furan rings is 1. The maximum absolute atomic E-state index is 13.2. The summed E-state index contributed by atoms with van der Waals surface area (Å²) in [6.07, 6.45) is 3.20. The lowest BCUT2D eigenvalue weighted by atomic mass is 9.93. The molecular formula is C19H22BrN2O6+. The van der Waals surface area contributed by atoms with Gasteiger partial charge < -0.3 is 19.0 Å². The van der Waals surface area contributed by atoms with Crippen LogP contribution in [0.2, 0.25) is 0 Å². The highest BCUT2D eigenvalue weighted by Gasteiger charge is 2.79. The van der Waals surface area contributed by atoms with Gasteiger partial charge in [-0.2, -0.15) is 9.28 Å². The third kappa shape index (κ3) is 2.67. The summed E-state index contributed by atoms with van der Waals surface area (Å²) in [5.74, 6) is -1.45. The Bertz CT molecular complexity index is 959. The summed E-state index contributed by atoms with van der Waals surface area (Å²) in [4.78, 5) is 29.4. The number of carboxylic acids is 1. The van der Waals surface area contributed by atoms with Crippen molar-refractivity contribution in [3.8, 4) is 0 Å². The molecule has 4 heterocycles. The zero-order chi connectivity index (χ0) is 20.1. The molecule has 1 N–H and O–H groups in total. The molecule has 9 heteroatoms. The number of rotatable bonds is 4. The summed E-state index contributed by atoms with van der Waals surface area (Å²) in [7, 11) is 0. The number of halogens is 1. The van der Waals surface area contributed by atoms with E-state index in [1.165, 1.54) is 6.20 Å². The lowest BCUT2D eigenvalue weighted by molar-refractivity contribution is -0.00908. The summed E-state index contributed by atoms with van der Waals surface area (Å²) in [6.45, 7) is 5.01. The van der Waals surface area contributed by atoms with Crippen LogP contribution in [0.15, 0.2) is 21.3 Å². The van der Waals surface area contributed by atoms with Crippen LogP contribution in [0.5, 0.6) is 0 Å². The highest BCUT2D eigenvalue weighted by Crippen LogP contribution is 2.58. The van der Waals surface area contributed by atoms with Crippen LogP contribution in [0.25, 0.3) is 11.0 Å². The highest BCUT2D eigenvalue weighted by molar-refractivity contribution is 9.10. The Hall–Kier alpha value is -1.97. The van der Waals surface area contributed by atoms with E-state index in [4.69, 9.17) is 13.9 Å². The molecule has 150 valence electrons. The van der Waals surface area contributed by atoms with Gasteiger partial charge in [-0.15, -0.1) is 0 Å². The minimum Gasteiger partial charge on any atom is -0.475 e. The van der Waals surface area contributed by atoms with E-state index in [0.29, 0.717) is 47.3 Å². The minimum absolute atomic E-state index is 0.0306. The van der Waals surface area contributed by atoms with E-state index in [1.54, 1.807) is 13.0 Å². The molecule has 2 fully saturated rings. The Labute approximate surface area is 170 Å². The van der Waals surface area contributed by atoms with Crippen molar-refractivity contribution in [1.82, 2.24) is 9.47 Å². The van der Waals surface area contributed by atoms with E-state index in [9.17, 15) is 14.7 Å². The maximum atomic E-state index is 13.2. The number of hydrogen-bond acceptors (Lipinski definition) is 6. The van der Waals surface area contributed by atoms with Crippen molar-refractivity contribution in [3.63, 3.8) is 0 Å². The normalized spacial score (nSPS) is 29.2. The van der Waals surface area contributed by atoms with Gasteiger partial charge >= 0.3 is 12.1 Å². The first-order valence-electron chi connectivity index (χ1n) is 9.37. The van der Waals surface area contributed by atoms with Crippen molar-refractivity contribution in [2.24, 2.45) is 0 Å². The molecule has 0 saturated carbocycles. The third-order valence-electron chi connectivity index (χ3n) is 5.89. The first-order chi connectivity index (χ1) is 13.4. The van der Waals surface area contributed by atoms with Gasteiger partial charge in [0.2, 0.25) is 5.69 Å². The van der Waals surface area contributed by atoms with Gasteiger partial charge in [0.15, 0.2) is 17.7 Å². The summed E-state index contributed by atoms with van der Waals surface area (Å²) < 4.78 is 17.2. The lowest BCUT2D eigenvalue weighted by Crippen LogP contribution is -2.47. The fourth-order valence-corrected chi connectivity index (χ4v) is 4.88. The van der Waals surface area contributed by atoms with Gasteiger partial charge in [-0.1, -0.05) is 6.92 Å². The molecule has 2 saturated heterocycles. The molecular weight excluding hydrogens is 432 g/mol. The number of quaternary nitrogens is 1. The average molecular weight is 454 g/mol. The Morgan fingerprint density at radius 3 is 2.93 bits per heavy atom. The Kier molecular flexibility index (Phi) is 4.71. The molecule has 2 aromatic heterocycles. The number of fused-ring (bicyclic) bond motifs is 1. The van der Waals surface area contributed by atoms with Crippen LogP contribution in [0.3, 0.4) is 0 Å². The second-order valence-corrected chi connectivity index (χ2v) is 8.15. The highest BCUT2D eigenvalue weighted by atomic mass is 79.9. The van der Waals surface area contributed by atoms with E-state index in [2.05, 4.69) is 20.9 Å². The zero-order valence-electron chi connectivity index (χ0n) is 15.7. The van der Waals surface area contributed by atoms with E-state index < -0.39 is 17.6 Å². The summed E-state index contributed by atoms with van der Waals surface area (Å²) in [5.41, 5.74) is 0.237. The lowest BCUT2D eigenvalue weighted by Gasteiger charge is -2.30. The van der Waals surface area contributed by atoms with Crippen LogP contribution >= 0.6 is 15.9 Å². The molecule has 0 aromatic carbocycles. The van der Waals surface area contributed by atoms with Crippen molar-refractivity contribution < 1.29 is 28.6 Å². The Morgan fingerprint density at radius 2 is 2.25 bits per heavy atom. The smallest absolute Gasteiger partial charge is 0.475 e. The molecule has 2 aliphatic rings. The molecule has 3 atom stereocenters. The van der Waals surface area contributed by atoms with E-state index in [-0.39, 0.29) is 23.0 Å². The molecule has 2 aliphatic heterocycles. The van der Waals surface area contributed by atoms with Gasteiger partial charge in [-0.05, 0) is 35.3 Å². The number of ether oxygens (including phenoxy) is 2. The number of hydrogen-bond donors (Lipinski definition) is 1. The molecule has 0 radical (unpaired) electrons. The quantitative estimate of drug-likeness (QED) is 0.422. The maximum Gasteiger partial charge on any atom is 0.522 e. The van der Waals surface area contributed by atoms with Gasteiger partial charge in [0, 0.05) is 12.8 Å².